The van der Waals surface area contributed by atoms with Gasteiger partial charge in [-0.05, 0) is 17.7 Å². The van der Waals surface area contributed by atoms with Crippen LogP contribution in [0, 0.1) is 0 Å². The predicted molar refractivity (Wildman–Crippen MR) is 76.8 cm³/mol. The van der Waals surface area contributed by atoms with Crippen molar-refractivity contribution in [1.82, 2.24) is 4.90 Å². The third-order valence-corrected chi connectivity index (χ3v) is 3.88. The van der Waals surface area contributed by atoms with Crippen LogP contribution in [0.5, 0.6) is 5.75 Å². The Hall–Kier alpha value is -1.07. The van der Waals surface area contributed by atoms with Crippen molar-refractivity contribution < 1.29 is 14.3 Å². The van der Waals surface area contributed by atoms with Gasteiger partial charge < -0.3 is 14.4 Å². The minimum Gasteiger partial charge on any atom is -0.497 e. The van der Waals surface area contributed by atoms with Crippen LogP contribution in [-0.2, 0) is 16.0 Å². The predicted octanol–water partition coefficient (Wildman–Crippen LogP) is 1.86. The zero-order chi connectivity index (χ0) is 13.7. The summed E-state index contributed by atoms with van der Waals surface area (Å²) in [4.78, 5) is 14.1. The summed E-state index contributed by atoms with van der Waals surface area (Å²) in [7, 11) is 1.63. The fraction of sp³-hybridized carbons (Fsp3) is 0.500. The number of halogens is 1. The summed E-state index contributed by atoms with van der Waals surface area (Å²) in [6, 6.07) is 7.63. The molecular formula is C14H18BrNO3. The smallest absolute Gasteiger partial charge is 0.227 e. The van der Waals surface area contributed by atoms with Gasteiger partial charge in [0.15, 0.2) is 0 Å². The second kappa shape index (κ2) is 6.91. The number of methoxy groups -OCH3 is 1. The molecule has 1 aromatic rings. The van der Waals surface area contributed by atoms with E-state index in [0.717, 1.165) is 16.6 Å². The monoisotopic (exact) mass is 327 g/mol. The molecule has 5 heteroatoms. The van der Waals surface area contributed by atoms with Crippen LogP contribution in [-0.4, -0.2) is 49.0 Å². The largest absolute Gasteiger partial charge is 0.497 e. The lowest BCUT2D eigenvalue weighted by Crippen LogP contribution is -2.46. The Balaban J connectivity index is 1.96. The number of nitrogens with zero attached hydrogens (tertiary/aromatic N) is 1. The Labute approximate surface area is 121 Å². The van der Waals surface area contributed by atoms with E-state index in [9.17, 15) is 4.79 Å². The van der Waals surface area contributed by atoms with E-state index in [4.69, 9.17) is 9.47 Å². The van der Waals surface area contributed by atoms with Crippen molar-refractivity contribution in [3.05, 3.63) is 29.8 Å². The van der Waals surface area contributed by atoms with Gasteiger partial charge >= 0.3 is 0 Å². The maximum atomic E-state index is 12.2. The highest BCUT2D eigenvalue weighted by Crippen LogP contribution is 2.15. The molecule has 4 nitrogen and oxygen atoms in total. The van der Waals surface area contributed by atoms with Crippen molar-refractivity contribution in [3.8, 4) is 5.75 Å². The molecule has 1 aliphatic heterocycles. The number of hydrogen-bond acceptors (Lipinski definition) is 3. The summed E-state index contributed by atoms with van der Waals surface area (Å²) >= 11 is 3.39. The number of ether oxygens (including phenoxy) is 2. The third-order valence-electron chi connectivity index (χ3n) is 3.15. The number of amides is 1. The van der Waals surface area contributed by atoms with Crippen LogP contribution in [0.15, 0.2) is 24.3 Å². The summed E-state index contributed by atoms with van der Waals surface area (Å²) in [5, 5.41) is 0.760. The normalized spacial score (nSPS) is 19.3. The maximum Gasteiger partial charge on any atom is 0.227 e. The average Bonchev–Trinajstić information content (AvgIpc) is 2.47. The van der Waals surface area contributed by atoms with Gasteiger partial charge in [0.2, 0.25) is 5.91 Å². The Morgan fingerprint density at radius 3 is 3.16 bits per heavy atom. The fourth-order valence-corrected chi connectivity index (χ4v) is 2.50. The van der Waals surface area contributed by atoms with Gasteiger partial charge in [-0.2, -0.15) is 0 Å². The van der Waals surface area contributed by atoms with E-state index in [1.807, 2.05) is 29.2 Å². The van der Waals surface area contributed by atoms with Crippen molar-refractivity contribution in [3.63, 3.8) is 0 Å². The fourth-order valence-electron chi connectivity index (χ4n) is 2.11. The summed E-state index contributed by atoms with van der Waals surface area (Å²) in [6.45, 7) is 1.94. The van der Waals surface area contributed by atoms with E-state index in [0.29, 0.717) is 26.1 Å². The zero-order valence-electron chi connectivity index (χ0n) is 11.0. The van der Waals surface area contributed by atoms with E-state index < -0.39 is 0 Å². The molecule has 0 saturated carbocycles. The number of hydrogen-bond donors (Lipinski definition) is 0. The van der Waals surface area contributed by atoms with Gasteiger partial charge in [-0.3, -0.25) is 4.79 Å². The standard InChI is InChI=1S/C14H18BrNO3/c1-18-12-4-2-3-11(7-12)8-14(17)16-5-6-19-13(9-15)10-16/h2-4,7,13H,5-6,8-10H2,1H3. The number of carbonyl (C=O) groups excluding carboxylic acids is 1. The highest BCUT2D eigenvalue weighted by molar-refractivity contribution is 9.09. The van der Waals surface area contributed by atoms with E-state index in [1.165, 1.54) is 0 Å². The van der Waals surface area contributed by atoms with Crippen molar-refractivity contribution in [2.24, 2.45) is 0 Å². The first-order valence-corrected chi connectivity index (χ1v) is 7.43. The van der Waals surface area contributed by atoms with Crippen molar-refractivity contribution >= 4 is 21.8 Å². The van der Waals surface area contributed by atoms with E-state index in [1.54, 1.807) is 7.11 Å². The lowest BCUT2D eigenvalue weighted by atomic mass is 10.1. The Kier molecular flexibility index (Phi) is 5.22. The zero-order valence-corrected chi connectivity index (χ0v) is 12.6. The highest BCUT2D eigenvalue weighted by Gasteiger charge is 2.23. The molecule has 0 aromatic heterocycles. The molecule has 0 aliphatic carbocycles. The highest BCUT2D eigenvalue weighted by atomic mass is 79.9. The van der Waals surface area contributed by atoms with Crippen LogP contribution in [0.25, 0.3) is 0 Å². The number of carbonyl (C=O) groups is 1. The molecule has 1 fully saturated rings. The van der Waals surface area contributed by atoms with Gasteiger partial charge in [0.1, 0.15) is 5.75 Å². The van der Waals surface area contributed by atoms with Gasteiger partial charge in [-0.1, -0.05) is 28.1 Å². The van der Waals surface area contributed by atoms with Crippen LogP contribution >= 0.6 is 15.9 Å². The molecule has 0 spiro atoms. The SMILES string of the molecule is COc1cccc(CC(=O)N2CCOC(CBr)C2)c1. The first-order chi connectivity index (χ1) is 9.22. The molecule has 0 N–H and O–H groups in total. The first-order valence-electron chi connectivity index (χ1n) is 6.31. The summed E-state index contributed by atoms with van der Waals surface area (Å²) in [5.74, 6) is 0.924. The Morgan fingerprint density at radius 2 is 2.42 bits per heavy atom. The number of benzene rings is 1. The van der Waals surface area contributed by atoms with E-state index >= 15 is 0 Å². The minimum absolute atomic E-state index is 0.100. The van der Waals surface area contributed by atoms with Crippen molar-refractivity contribution in [2.75, 3.05) is 32.1 Å². The summed E-state index contributed by atoms with van der Waals surface area (Å²) < 4.78 is 10.7. The number of alkyl halides is 1. The Morgan fingerprint density at radius 1 is 1.58 bits per heavy atom. The second-order valence-corrected chi connectivity index (χ2v) is 5.16. The first kappa shape index (κ1) is 14.3. The molecule has 1 unspecified atom stereocenters. The number of rotatable bonds is 4. The topological polar surface area (TPSA) is 38.8 Å². The second-order valence-electron chi connectivity index (χ2n) is 4.52. The average molecular weight is 328 g/mol. The van der Waals surface area contributed by atoms with Gasteiger partial charge in [0, 0.05) is 18.4 Å². The molecule has 104 valence electrons. The van der Waals surface area contributed by atoms with Gasteiger partial charge in [0.25, 0.3) is 0 Å². The lowest BCUT2D eigenvalue weighted by Gasteiger charge is -2.32. The van der Waals surface area contributed by atoms with E-state index in [-0.39, 0.29) is 12.0 Å². The van der Waals surface area contributed by atoms with Gasteiger partial charge in [-0.15, -0.1) is 0 Å². The molecule has 0 radical (unpaired) electrons. The molecular weight excluding hydrogens is 310 g/mol. The molecule has 0 bridgehead atoms. The molecule has 1 aromatic carbocycles. The number of morpholine rings is 1. The van der Waals surface area contributed by atoms with Crippen LogP contribution in [0.3, 0.4) is 0 Å². The molecule has 2 rings (SSSR count). The quantitative estimate of drug-likeness (QED) is 0.792. The summed E-state index contributed by atoms with van der Waals surface area (Å²) in [5.41, 5.74) is 0.978. The maximum absolute atomic E-state index is 12.2. The molecule has 1 aliphatic rings. The van der Waals surface area contributed by atoms with Crippen molar-refractivity contribution in [2.45, 2.75) is 12.5 Å². The molecule has 19 heavy (non-hydrogen) atoms. The molecule has 1 amide bonds. The van der Waals surface area contributed by atoms with Gasteiger partial charge in [-0.25, -0.2) is 0 Å². The molecule has 1 heterocycles. The molecule has 1 atom stereocenters. The van der Waals surface area contributed by atoms with Crippen LogP contribution in [0.4, 0.5) is 0 Å². The van der Waals surface area contributed by atoms with Crippen LogP contribution < -0.4 is 4.74 Å². The van der Waals surface area contributed by atoms with Crippen molar-refractivity contribution in [1.29, 1.82) is 0 Å². The minimum atomic E-state index is 0.100. The lowest BCUT2D eigenvalue weighted by molar-refractivity contribution is -0.137. The van der Waals surface area contributed by atoms with Crippen LogP contribution in [0.1, 0.15) is 5.56 Å². The van der Waals surface area contributed by atoms with E-state index in [2.05, 4.69) is 15.9 Å². The third kappa shape index (κ3) is 3.94. The van der Waals surface area contributed by atoms with Crippen LogP contribution in [0.2, 0.25) is 0 Å². The Bertz CT molecular complexity index is 438. The summed E-state index contributed by atoms with van der Waals surface area (Å²) in [6.07, 6.45) is 0.509. The van der Waals surface area contributed by atoms with Gasteiger partial charge in [0.05, 0.1) is 26.2 Å². The molecule has 1 saturated heterocycles.